The minimum atomic E-state index is 0.281. The number of hydrogen-bond acceptors (Lipinski definition) is 5. The summed E-state index contributed by atoms with van der Waals surface area (Å²) in [4.78, 5) is 8.94. The molecule has 4 rings (SSSR count). The number of ether oxygens (including phenoxy) is 1. The van der Waals surface area contributed by atoms with Gasteiger partial charge in [-0.1, -0.05) is 29.8 Å². The number of pyridine rings is 1. The second-order valence-electron chi connectivity index (χ2n) is 6.87. The van der Waals surface area contributed by atoms with Gasteiger partial charge in [-0.15, -0.1) is 0 Å². The van der Waals surface area contributed by atoms with Crippen LogP contribution in [0.25, 0.3) is 0 Å². The van der Waals surface area contributed by atoms with Crippen LogP contribution in [0.4, 0.5) is 5.69 Å². The molecule has 1 atom stereocenters. The Morgan fingerprint density at radius 1 is 1.29 bits per heavy atom. The van der Waals surface area contributed by atoms with Crippen LogP contribution in [-0.4, -0.2) is 53.0 Å². The summed E-state index contributed by atoms with van der Waals surface area (Å²) < 4.78 is 5.63. The van der Waals surface area contributed by atoms with E-state index in [1.807, 2.05) is 6.07 Å². The number of hydrazone groups is 1. The number of rotatable bonds is 2. The maximum atomic E-state index is 6.20. The molecule has 1 fully saturated rings. The number of benzene rings is 1. The highest BCUT2D eigenvalue weighted by Gasteiger charge is 2.26. The Balaban J connectivity index is 1.41. The van der Waals surface area contributed by atoms with Crippen molar-refractivity contribution in [2.45, 2.75) is 19.4 Å². The first-order valence-corrected chi connectivity index (χ1v) is 10.1. The summed E-state index contributed by atoms with van der Waals surface area (Å²) in [5.74, 6) is 0.590. The lowest BCUT2D eigenvalue weighted by molar-refractivity contribution is 0.294. The van der Waals surface area contributed by atoms with Gasteiger partial charge in [-0.2, -0.15) is 5.10 Å². The van der Waals surface area contributed by atoms with E-state index in [1.54, 1.807) is 12.3 Å². The van der Waals surface area contributed by atoms with Gasteiger partial charge in [0, 0.05) is 44.0 Å². The van der Waals surface area contributed by atoms with E-state index in [1.165, 1.54) is 5.69 Å². The highest BCUT2D eigenvalue weighted by Crippen LogP contribution is 2.30. The van der Waals surface area contributed by atoms with Crippen LogP contribution in [0.1, 0.15) is 19.0 Å². The molecule has 146 valence electrons. The normalized spacial score (nSPS) is 20.5. The molecule has 0 radical (unpaired) electrons. The SMILES string of the molecule is CC1CN(c2ccccc2)CCN1C(=S)N/N=C1/CCOc2c(Cl)ccnc21. The van der Waals surface area contributed by atoms with Crippen LogP contribution < -0.4 is 15.1 Å². The molecular formula is C20H22ClN5OS. The summed E-state index contributed by atoms with van der Waals surface area (Å²) in [6.45, 7) is 5.38. The first kappa shape index (κ1) is 19.0. The first-order valence-electron chi connectivity index (χ1n) is 9.34. The molecule has 1 aromatic heterocycles. The molecule has 1 saturated heterocycles. The Bertz CT molecular complexity index is 891. The van der Waals surface area contributed by atoms with Crippen LogP contribution >= 0.6 is 23.8 Å². The number of thiocarbonyl (C=S) groups is 1. The van der Waals surface area contributed by atoms with Crippen molar-refractivity contribution in [1.29, 1.82) is 0 Å². The minimum absolute atomic E-state index is 0.281. The lowest BCUT2D eigenvalue weighted by Gasteiger charge is -2.41. The summed E-state index contributed by atoms with van der Waals surface area (Å²) in [6.07, 6.45) is 2.32. The lowest BCUT2D eigenvalue weighted by atomic mass is 10.1. The number of anilines is 1. The maximum absolute atomic E-state index is 6.20. The van der Waals surface area contributed by atoms with Gasteiger partial charge in [0.1, 0.15) is 5.69 Å². The van der Waals surface area contributed by atoms with Crippen molar-refractivity contribution in [3.8, 4) is 5.75 Å². The Hall–Kier alpha value is -2.38. The van der Waals surface area contributed by atoms with E-state index in [0.29, 0.717) is 34.6 Å². The Morgan fingerprint density at radius 2 is 2.11 bits per heavy atom. The Morgan fingerprint density at radius 3 is 2.89 bits per heavy atom. The molecule has 0 bridgehead atoms. The fourth-order valence-corrected chi connectivity index (χ4v) is 4.07. The Labute approximate surface area is 175 Å². The monoisotopic (exact) mass is 415 g/mol. The number of piperazine rings is 1. The predicted molar refractivity (Wildman–Crippen MR) is 116 cm³/mol. The summed E-state index contributed by atoms with van der Waals surface area (Å²) in [5.41, 5.74) is 5.78. The molecule has 6 nitrogen and oxygen atoms in total. The van der Waals surface area contributed by atoms with Gasteiger partial charge in [-0.25, -0.2) is 0 Å². The maximum Gasteiger partial charge on any atom is 0.189 e. The highest BCUT2D eigenvalue weighted by molar-refractivity contribution is 7.80. The number of para-hydroxylation sites is 1. The third-order valence-electron chi connectivity index (χ3n) is 5.01. The van der Waals surface area contributed by atoms with Crippen LogP contribution in [-0.2, 0) is 0 Å². The van der Waals surface area contributed by atoms with Crippen LogP contribution in [0.15, 0.2) is 47.7 Å². The molecule has 0 spiro atoms. The summed E-state index contributed by atoms with van der Waals surface area (Å²) in [6, 6.07) is 12.5. The molecule has 2 aliphatic rings. The number of fused-ring (bicyclic) bond motifs is 1. The van der Waals surface area contributed by atoms with E-state index in [9.17, 15) is 0 Å². The van der Waals surface area contributed by atoms with Crippen molar-refractivity contribution in [3.63, 3.8) is 0 Å². The third-order valence-corrected chi connectivity index (χ3v) is 5.63. The molecule has 2 aromatic rings. The predicted octanol–water partition coefficient (Wildman–Crippen LogP) is 3.31. The van der Waals surface area contributed by atoms with Gasteiger partial charge in [0.25, 0.3) is 0 Å². The van der Waals surface area contributed by atoms with E-state index in [-0.39, 0.29) is 6.04 Å². The molecular weight excluding hydrogens is 394 g/mol. The molecule has 3 heterocycles. The second-order valence-corrected chi connectivity index (χ2v) is 7.66. The Kier molecular flexibility index (Phi) is 5.64. The summed E-state index contributed by atoms with van der Waals surface area (Å²) in [5, 5.41) is 5.70. The average Bonchev–Trinajstić information content (AvgIpc) is 2.73. The van der Waals surface area contributed by atoms with Crippen LogP contribution in [0.5, 0.6) is 5.75 Å². The zero-order valence-corrected chi connectivity index (χ0v) is 17.2. The van der Waals surface area contributed by atoms with E-state index in [4.69, 9.17) is 28.6 Å². The van der Waals surface area contributed by atoms with E-state index >= 15 is 0 Å². The third kappa shape index (κ3) is 3.91. The van der Waals surface area contributed by atoms with Crippen LogP contribution in [0.3, 0.4) is 0 Å². The topological polar surface area (TPSA) is 53.0 Å². The molecule has 1 unspecified atom stereocenters. The van der Waals surface area contributed by atoms with Gasteiger partial charge in [-0.3, -0.25) is 10.4 Å². The summed E-state index contributed by atoms with van der Waals surface area (Å²) in [7, 11) is 0. The molecule has 0 amide bonds. The number of nitrogens with one attached hydrogen (secondary N) is 1. The smallest absolute Gasteiger partial charge is 0.189 e. The highest BCUT2D eigenvalue weighted by atomic mass is 35.5. The minimum Gasteiger partial charge on any atom is -0.489 e. The fourth-order valence-electron chi connectivity index (χ4n) is 3.56. The number of halogens is 1. The van der Waals surface area contributed by atoms with Gasteiger partial charge in [0.05, 0.1) is 17.3 Å². The molecule has 8 heteroatoms. The molecule has 28 heavy (non-hydrogen) atoms. The van der Waals surface area contributed by atoms with Crippen molar-refractivity contribution >= 4 is 40.3 Å². The van der Waals surface area contributed by atoms with Gasteiger partial charge >= 0.3 is 0 Å². The summed E-state index contributed by atoms with van der Waals surface area (Å²) >= 11 is 11.8. The number of aromatic nitrogens is 1. The zero-order valence-electron chi connectivity index (χ0n) is 15.6. The first-order chi connectivity index (χ1) is 13.6. The van der Waals surface area contributed by atoms with Crippen molar-refractivity contribution in [3.05, 3.63) is 53.3 Å². The number of nitrogens with zero attached hydrogens (tertiary/aromatic N) is 4. The second kappa shape index (κ2) is 8.32. The van der Waals surface area contributed by atoms with Crippen molar-refractivity contribution < 1.29 is 4.74 Å². The molecule has 1 N–H and O–H groups in total. The van der Waals surface area contributed by atoms with Crippen molar-refractivity contribution in [2.24, 2.45) is 5.10 Å². The van der Waals surface area contributed by atoms with Crippen molar-refractivity contribution in [1.82, 2.24) is 15.3 Å². The number of hydrogen-bond donors (Lipinski definition) is 1. The van der Waals surface area contributed by atoms with Crippen LogP contribution in [0.2, 0.25) is 5.02 Å². The standard InChI is InChI=1S/C20H22ClN5OS/c1-14-13-25(15-5-3-2-4-6-15)10-11-26(14)20(28)24-23-17-8-12-27-19-16(21)7-9-22-18(17)19/h2-7,9,14H,8,10-13H2,1H3,(H,24,28)/b23-17-. The van der Waals surface area contributed by atoms with Gasteiger partial charge < -0.3 is 14.5 Å². The molecule has 0 saturated carbocycles. The van der Waals surface area contributed by atoms with Gasteiger partial charge in [-0.05, 0) is 37.3 Å². The lowest BCUT2D eigenvalue weighted by Crippen LogP contribution is -2.56. The molecule has 1 aromatic carbocycles. The average molecular weight is 416 g/mol. The zero-order chi connectivity index (χ0) is 19.5. The quantitative estimate of drug-likeness (QED) is 0.600. The van der Waals surface area contributed by atoms with E-state index < -0.39 is 0 Å². The van der Waals surface area contributed by atoms with Crippen molar-refractivity contribution in [2.75, 3.05) is 31.1 Å². The molecule has 0 aliphatic carbocycles. The van der Waals surface area contributed by atoms with Crippen LogP contribution in [0, 0.1) is 0 Å². The molecule has 2 aliphatic heterocycles. The largest absolute Gasteiger partial charge is 0.489 e. The van der Waals surface area contributed by atoms with E-state index in [0.717, 1.165) is 25.3 Å². The van der Waals surface area contributed by atoms with E-state index in [2.05, 4.69) is 56.5 Å². The fraction of sp³-hybridized carbons (Fsp3) is 0.350. The van der Waals surface area contributed by atoms with Gasteiger partial charge in [0.15, 0.2) is 10.9 Å². The van der Waals surface area contributed by atoms with Gasteiger partial charge in [0.2, 0.25) is 0 Å².